The number of ether oxygens (including phenoxy) is 1. The van der Waals surface area contributed by atoms with Crippen molar-refractivity contribution in [1.82, 2.24) is 0 Å². The predicted molar refractivity (Wildman–Crippen MR) is 119 cm³/mol. The topological polar surface area (TPSA) is 49.8 Å². The zero-order valence-corrected chi connectivity index (χ0v) is 19.1. The first-order valence-electron chi connectivity index (χ1n) is 10.2. The molecule has 156 valence electrons. The molecule has 0 spiro atoms. The third kappa shape index (κ3) is 3.39. The van der Waals surface area contributed by atoms with E-state index in [1.165, 1.54) is 16.0 Å². The Morgan fingerprint density at radius 2 is 1.55 bits per heavy atom. The number of fused-ring (bicyclic) bond motifs is 1. The summed E-state index contributed by atoms with van der Waals surface area (Å²) in [7, 11) is 0. The molecular formula is C25H33NO3. The number of benzene rings is 2. The third-order valence-corrected chi connectivity index (χ3v) is 6.11. The third-order valence-electron chi connectivity index (χ3n) is 6.11. The van der Waals surface area contributed by atoms with Gasteiger partial charge in [0.25, 0.3) is 0 Å². The van der Waals surface area contributed by atoms with Crippen LogP contribution in [0.25, 0.3) is 0 Å². The molecule has 1 heterocycles. The van der Waals surface area contributed by atoms with E-state index in [2.05, 4.69) is 45.0 Å². The smallest absolute Gasteiger partial charge is 0.412 e. The van der Waals surface area contributed by atoms with Crippen molar-refractivity contribution < 1.29 is 14.6 Å². The van der Waals surface area contributed by atoms with Crippen LogP contribution in [0.3, 0.4) is 0 Å². The number of rotatable bonds is 2. The van der Waals surface area contributed by atoms with E-state index in [-0.39, 0.29) is 5.92 Å². The fraction of sp³-hybridized carbons (Fsp3) is 0.480. The zero-order valence-electron chi connectivity index (χ0n) is 19.1. The average molecular weight is 396 g/mol. The van der Waals surface area contributed by atoms with Crippen molar-refractivity contribution in [2.24, 2.45) is 0 Å². The molecule has 4 heteroatoms. The van der Waals surface area contributed by atoms with Gasteiger partial charge < -0.3 is 9.84 Å². The van der Waals surface area contributed by atoms with Crippen LogP contribution in [-0.2, 0) is 0 Å². The van der Waals surface area contributed by atoms with Crippen LogP contribution in [0.1, 0.15) is 73.9 Å². The van der Waals surface area contributed by atoms with Gasteiger partial charge in [-0.25, -0.2) is 4.79 Å². The molecule has 0 saturated heterocycles. The molecule has 1 N–H and O–H groups in total. The van der Waals surface area contributed by atoms with Crippen molar-refractivity contribution in [2.75, 3.05) is 4.90 Å². The molecule has 2 aromatic carbocycles. The molecule has 1 amide bonds. The number of nitrogens with zero attached hydrogens (tertiary/aromatic N) is 1. The molecule has 4 nitrogen and oxygen atoms in total. The van der Waals surface area contributed by atoms with Gasteiger partial charge in [-0.1, -0.05) is 29.8 Å². The molecule has 3 rings (SSSR count). The van der Waals surface area contributed by atoms with Gasteiger partial charge in [-0.15, -0.1) is 0 Å². The monoisotopic (exact) mass is 395 g/mol. The Balaban J connectivity index is 2.35. The first-order chi connectivity index (χ1) is 13.3. The number of aryl methyl sites for hydroxylation is 1. The highest BCUT2D eigenvalue weighted by Crippen LogP contribution is 2.54. The number of carbonyl (C=O) groups is 1. The van der Waals surface area contributed by atoms with E-state index < -0.39 is 17.2 Å². The summed E-state index contributed by atoms with van der Waals surface area (Å²) in [5.41, 5.74) is 6.26. The molecule has 0 saturated carbocycles. The van der Waals surface area contributed by atoms with Gasteiger partial charge in [0, 0.05) is 11.1 Å². The van der Waals surface area contributed by atoms with Gasteiger partial charge in [0.05, 0.1) is 11.6 Å². The highest BCUT2D eigenvalue weighted by Gasteiger charge is 2.46. The molecular weight excluding hydrogens is 362 g/mol. The summed E-state index contributed by atoms with van der Waals surface area (Å²) in [5, 5.41) is 10.1. The number of amides is 1. The second-order valence-corrected chi connectivity index (χ2v) is 9.80. The van der Waals surface area contributed by atoms with Gasteiger partial charge in [0.1, 0.15) is 11.4 Å². The van der Waals surface area contributed by atoms with Gasteiger partial charge in [0.15, 0.2) is 0 Å². The standard InChI is InChI=1S/C25H33NO3/c1-14-10-12-18(13-11-14)20-19-17(4)21(26(23(27)28)24(5,6)7)15(2)16(3)22(19)29-25(20,8)9/h10-13,20H,1-9H3,(H,27,28). The molecule has 0 radical (unpaired) electrons. The highest BCUT2D eigenvalue weighted by atomic mass is 16.5. The van der Waals surface area contributed by atoms with Crippen molar-refractivity contribution in [3.05, 3.63) is 57.6 Å². The second kappa shape index (κ2) is 6.79. The van der Waals surface area contributed by atoms with E-state index in [9.17, 15) is 9.90 Å². The van der Waals surface area contributed by atoms with Crippen LogP contribution in [0.4, 0.5) is 10.5 Å². The van der Waals surface area contributed by atoms with Gasteiger partial charge >= 0.3 is 6.09 Å². The number of hydrogen-bond acceptors (Lipinski definition) is 2. The van der Waals surface area contributed by atoms with E-state index in [4.69, 9.17) is 4.74 Å². The van der Waals surface area contributed by atoms with Crippen LogP contribution in [0.15, 0.2) is 24.3 Å². The summed E-state index contributed by atoms with van der Waals surface area (Å²) in [4.78, 5) is 13.8. The highest BCUT2D eigenvalue weighted by molar-refractivity contribution is 5.91. The second-order valence-electron chi connectivity index (χ2n) is 9.80. The molecule has 1 unspecified atom stereocenters. The summed E-state index contributed by atoms with van der Waals surface area (Å²) in [6.45, 7) is 18.2. The molecule has 2 aromatic rings. The minimum Gasteiger partial charge on any atom is -0.486 e. The van der Waals surface area contributed by atoms with E-state index in [1.807, 2.05) is 41.5 Å². The van der Waals surface area contributed by atoms with Gasteiger partial charge in [-0.3, -0.25) is 4.90 Å². The Kier molecular flexibility index (Phi) is 4.97. The molecule has 0 aromatic heterocycles. The van der Waals surface area contributed by atoms with E-state index in [0.29, 0.717) is 0 Å². The largest absolute Gasteiger partial charge is 0.486 e. The molecule has 0 aliphatic carbocycles. The lowest BCUT2D eigenvalue weighted by Gasteiger charge is -2.36. The molecule has 0 fully saturated rings. The SMILES string of the molecule is Cc1ccc(C2c3c(C)c(N(C(=O)O)C(C)(C)C)c(C)c(C)c3OC2(C)C)cc1. The maximum atomic E-state index is 12.3. The predicted octanol–water partition coefficient (Wildman–Crippen LogP) is 6.51. The van der Waals surface area contributed by atoms with E-state index >= 15 is 0 Å². The summed E-state index contributed by atoms with van der Waals surface area (Å²) >= 11 is 0. The Labute approximate surface area is 174 Å². The maximum absolute atomic E-state index is 12.3. The van der Waals surface area contributed by atoms with Crippen molar-refractivity contribution in [1.29, 1.82) is 0 Å². The van der Waals surface area contributed by atoms with Crippen LogP contribution in [-0.4, -0.2) is 22.3 Å². The molecule has 0 bridgehead atoms. The summed E-state index contributed by atoms with van der Waals surface area (Å²) in [6.07, 6.45) is -0.937. The van der Waals surface area contributed by atoms with Gasteiger partial charge in [0.2, 0.25) is 0 Å². The fourth-order valence-electron chi connectivity index (χ4n) is 4.66. The first kappa shape index (κ1) is 21.2. The number of anilines is 1. The number of hydrogen-bond donors (Lipinski definition) is 1. The van der Waals surface area contributed by atoms with E-state index in [1.54, 1.807) is 0 Å². The lowest BCUT2D eigenvalue weighted by atomic mass is 9.78. The lowest BCUT2D eigenvalue weighted by molar-refractivity contribution is 0.121. The Morgan fingerprint density at radius 1 is 1.00 bits per heavy atom. The van der Waals surface area contributed by atoms with Gasteiger partial charge in [-0.2, -0.15) is 0 Å². The number of carboxylic acid groups (broad SMARTS) is 1. The van der Waals surface area contributed by atoms with E-state index in [0.717, 1.165) is 33.7 Å². The zero-order chi connectivity index (χ0) is 21.9. The van der Waals surface area contributed by atoms with Crippen LogP contribution < -0.4 is 9.64 Å². The fourth-order valence-corrected chi connectivity index (χ4v) is 4.66. The van der Waals surface area contributed by atoms with Gasteiger partial charge in [-0.05, 0) is 84.6 Å². The lowest BCUT2D eigenvalue weighted by Crippen LogP contribution is -2.46. The van der Waals surface area contributed by atoms with Crippen molar-refractivity contribution >= 4 is 11.8 Å². The first-order valence-corrected chi connectivity index (χ1v) is 10.2. The maximum Gasteiger partial charge on any atom is 0.412 e. The summed E-state index contributed by atoms with van der Waals surface area (Å²) in [6, 6.07) is 8.57. The summed E-state index contributed by atoms with van der Waals surface area (Å²) in [5.74, 6) is 0.935. The quantitative estimate of drug-likeness (QED) is 0.631. The normalized spacial score (nSPS) is 17.6. The van der Waals surface area contributed by atoms with Crippen LogP contribution in [0.5, 0.6) is 5.75 Å². The molecule has 1 aliphatic heterocycles. The Hall–Kier alpha value is -2.49. The molecule has 29 heavy (non-hydrogen) atoms. The minimum absolute atomic E-state index is 0.0340. The van der Waals surface area contributed by atoms with Crippen molar-refractivity contribution in [3.63, 3.8) is 0 Å². The van der Waals surface area contributed by atoms with Crippen molar-refractivity contribution in [2.45, 2.75) is 79.4 Å². The average Bonchev–Trinajstić information content (AvgIpc) is 2.87. The summed E-state index contributed by atoms with van der Waals surface area (Å²) < 4.78 is 6.50. The van der Waals surface area contributed by atoms with Crippen LogP contribution >= 0.6 is 0 Å². The van der Waals surface area contributed by atoms with Crippen molar-refractivity contribution in [3.8, 4) is 5.75 Å². The molecule has 1 atom stereocenters. The Bertz CT molecular complexity index is 965. The molecule has 1 aliphatic rings. The Morgan fingerprint density at radius 3 is 2.03 bits per heavy atom. The van der Waals surface area contributed by atoms with Crippen LogP contribution in [0, 0.1) is 27.7 Å². The van der Waals surface area contributed by atoms with Crippen LogP contribution in [0.2, 0.25) is 0 Å². The minimum atomic E-state index is -0.937.